The summed E-state index contributed by atoms with van der Waals surface area (Å²) in [6.45, 7) is 9.06. The van der Waals surface area contributed by atoms with Gasteiger partial charge in [-0.25, -0.2) is 8.42 Å². The van der Waals surface area contributed by atoms with Gasteiger partial charge in [0.15, 0.2) is 0 Å². The topological polar surface area (TPSA) is 57.6 Å². The Hall–Kier alpha value is -0.130. The molecule has 1 N–H and O–H groups in total. The molecule has 16 heavy (non-hydrogen) atoms. The lowest BCUT2D eigenvalue weighted by molar-refractivity contribution is 0.216. The Labute approximate surface area is 99.7 Å². The molecule has 0 atom stereocenters. The molecular weight excluding hydrogens is 226 g/mol. The van der Waals surface area contributed by atoms with Gasteiger partial charge < -0.3 is 5.11 Å². The van der Waals surface area contributed by atoms with Crippen LogP contribution in [0.3, 0.4) is 0 Å². The monoisotopic (exact) mass is 251 g/mol. The maximum Gasteiger partial charge on any atom is 0.219 e. The fourth-order valence-electron chi connectivity index (χ4n) is 1.65. The zero-order chi connectivity index (χ0) is 13.0. The zero-order valence-corrected chi connectivity index (χ0v) is 11.8. The van der Waals surface area contributed by atoms with Crippen molar-refractivity contribution in [2.45, 2.75) is 58.2 Å². The lowest BCUT2D eigenvalue weighted by Crippen LogP contribution is -2.49. The van der Waals surface area contributed by atoms with Gasteiger partial charge in [-0.3, -0.25) is 0 Å². The Morgan fingerprint density at radius 3 is 1.88 bits per heavy atom. The van der Waals surface area contributed by atoms with Crippen LogP contribution in [0.1, 0.15) is 47.5 Å². The second-order valence-corrected chi connectivity index (χ2v) is 7.57. The minimum atomic E-state index is -3.35. The van der Waals surface area contributed by atoms with Crippen molar-refractivity contribution in [1.29, 1.82) is 0 Å². The fraction of sp³-hybridized carbons (Fsp3) is 1.00. The average molecular weight is 251 g/mol. The molecule has 0 aliphatic rings. The number of sulfonamides is 1. The number of nitrogens with zero attached hydrogens (tertiary/aromatic N) is 1. The van der Waals surface area contributed by atoms with E-state index in [4.69, 9.17) is 5.11 Å². The minimum Gasteiger partial charge on any atom is -0.395 e. The van der Waals surface area contributed by atoms with Gasteiger partial charge in [0.05, 0.1) is 11.4 Å². The predicted octanol–water partition coefficient (Wildman–Crippen LogP) is 1.60. The lowest BCUT2D eigenvalue weighted by atomic mass is 10.2. The maximum absolute atomic E-state index is 12.3. The van der Waals surface area contributed by atoms with E-state index in [1.807, 2.05) is 13.8 Å². The van der Waals surface area contributed by atoms with E-state index in [9.17, 15) is 8.42 Å². The van der Waals surface area contributed by atoms with Crippen molar-refractivity contribution < 1.29 is 13.5 Å². The average Bonchev–Trinajstić information content (AvgIpc) is 2.16. The maximum atomic E-state index is 12.3. The Kier molecular flexibility index (Phi) is 5.93. The Balaban J connectivity index is 5.20. The Bertz CT molecular complexity index is 289. The molecule has 4 nitrogen and oxygen atoms in total. The molecule has 0 fully saturated rings. The smallest absolute Gasteiger partial charge is 0.219 e. The second-order valence-electron chi connectivity index (χ2n) is 4.92. The lowest BCUT2D eigenvalue weighted by Gasteiger charge is -2.34. The van der Waals surface area contributed by atoms with Crippen LogP contribution in [0.15, 0.2) is 0 Å². The Morgan fingerprint density at radius 1 is 1.19 bits per heavy atom. The summed E-state index contributed by atoms with van der Waals surface area (Å²) >= 11 is 0. The molecule has 0 amide bonds. The highest BCUT2D eigenvalue weighted by molar-refractivity contribution is 7.90. The second kappa shape index (κ2) is 5.98. The number of aliphatic hydroxyl groups excluding tert-OH is 1. The summed E-state index contributed by atoms with van der Waals surface area (Å²) in [7, 11) is -3.35. The summed E-state index contributed by atoms with van der Waals surface area (Å²) in [6, 6.07) is -0.0172. The molecule has 0 rings (SSSR count). The van der Waals surface area contributed by atoms with E-state index in [1.54, 1.807) is 20.8 Å². The molecule has 0 bridgehead atoms. The summed E-state index contributed by atoms with van der Waals surface area (Å²) < 4.78 is 25.3. The van der Waals surface area contributed by atoms with Crippen molar-refractivity contribution in [3.8, 4) is 0 Å². The molecule has 5 heteroatoms. The fourth-order valence-corrected chi connectivity index (χ4v) is 3.36. The molecule has 0 spiro atoms. The standard InChI is InChI=1S/C11H25NO3S/c1-6-10(7-2)12(8-9-13)16(14,15)11(3,4)5/h10,13H,6-9H2,1-5H3. The zero-order valence-electron chi connectivity index (χ0n) is 11.0. The summed E-state index contributed by atoms with van der Waals surface area (Å²) in [5.41, 5.74) is 0. The van der Waals surface area contributed by atoms with Crippen LogP contribution in [0, 0.1) is 0 Å². The van der Waals surface area contributed by atoms with Gasteiger partial charge in [0.2, 0.25) is 10.0 Å². The molecule has 0 aromatic carbocycles. The van der Waals surface area contributed by atoms with Crippen molar-refractivity contribution in [2.75, 3.05) is 13.2 Å². The van der Waals surface area contributed by atoms with E-state index in [2.05, 4.69) is 0 Å². The largest absolute Gasteiger partial charge is 0.395 e. The van der Waals surface area contributed by atoms with Gasteiger partial charge in [0.1, 0.15) is 0 Å². The van der Waals surface area contributed by atoms with Gasteiger partial charge in [0.25, 0.3) is 0 Å². The van der Waals surface area contributed by atoms with E-state index in [0.717, 1.165) is 12.8 Å². The summed E-state index contributed by atoms with van der Waals surface area (Å²) in [5.74, 6) is 0. The van der Waals surface area contributed by atoms with E-state index < -0.39 is 14.8 Å². The Morgan fingerprint density at radius 2 is 1.62 bits per heavy atom. The van der Waals surface area contributed by atoms with E-state index in [-0.39, 0.29) is 19.2 Å². The number of hydrogen-bond acceptors (Lipinski definition) is 3. The van der Waals surface area contributed by atoms with E-state index >= 15 is 0 Å². The van der Waals surface area contributed by atoms with Crippen LogP contribution in [0.2, 0.25) is 0 Å². The summed E-state index contributed by atoms with van der Waals surface area (Å²) in [6.07, 6.45) is 1.54. The van der Waals surface area contributed by atoms with Crippen LogP contribution >= 0.6 is 0 Å². The van der Waals surface area contributed by atoms with Crippen LogP contribution < -0.4 is 0 Å². The highest BCUT2D eigenvalue weighted by Crippen LogP contribution is 2.24. The van der Waals surface area contributed by atoms with Crippen LogP contribution in [0.4, 0.5) is 0 Å². The third kappa shape index (κ3) is 3.43. The highest BCUT2D eigenvalue weighted by Gasteiger charge is 2.37. The van der Waals surface area contributed by atoms with Gasteiger partial charge in [-0.05, 0) is 33.6 Å². The molecule has 0 aromatic rings. The first-order chi connectivity index (χ1) is 7.22. The minimum absolute atomic E-state index is 0.0172. The quantitative estimate of drug-likeness (QED) is 0.780. The number of aliphatic hydroxyl groups is 1. The van der Waals surface area contributed by atoms with Crippen LogP contribution in [0.5, 0.6) is 0 Å². The van der Waals surface area contributed by atoms with Crippen molar-refractivity contribution in [3.05, 3.63) is 0 Å². The molecule has 98 valence electrons. The van der Waals surface area contributed by atoms with Gasteiger partial charge in [-0.1, -0.05) is 13.8 Å². The number of rotatable bonds is 6. The number of hydrogen-bond donors (Lipinski definition) is 1. The van der Waals surface area contributed by atoms with Gasteiger partial charge in [-0.15, -0.1) is 0 Å². The molecule has 0 saturated carbocycles. The summed E-state index contributed by atoms with van der Waals surface area (Å²) in [4.78, 5) is 0. The molecule has 0 saturated heterocycles. The van der Waals surface area contributed by atoms with Gasteiger partial charge >= 0.3 is 0 Å². The van der Waals surface area contributed by atoms with Crippen LogP contribution in [-0.2, 0) is 10.0 Å². The molecule has 0 radical (unpaired) electrons. The molecular formula is C11H25NO3S. The molecule has 0 heterocycles. The highest BCUT2D eigenvalue weighted by atomic mass is 32.2. The van der Waals surface area contributed by atoms with Crippen LogP contribution in [0.25, 0.3) is 0 Å². The summed E-state index contributed by atoms with van der Waals surface area (Å²) in [5, 5.41) is 9.00. The van der Waals surface area contributed by atoms with Crippen molar-refractivity contribution in [3.63, 3.8) is 0 Å². The SMILES string of the molecule is CCC(CC)N(CCO)S(=O)(=O)C(C)(C)C. The normalized spacial score (nSPS) is 13.8. The molecule has 0 aliphatic carbocycles. The van der Waals surface area contributed by atoms with E-state index in [1.165, 1.54) is 4.31 Å². The van der Waals surface area contributed by atoms with Gasteiger partial charge in [0, 0.05) is 12.6 Å². The third-order valence-electron chi connectivity index (χ3n) is 2.75. The first-order valence-electron chi connectivity index (χ1n) is 5.84. The molecule has 0 unspecified atom stereocenters. The first-order valence-corrected chi connectivity index (χ1v) is 7.28. The third-order valence-corrected chi connectivity index (χ3v) is 5.40. The molecule has 0 aromatic heterocycles. The predicted molar refractivity (Wildman–Crippen MR) is 66.8 cm³/mol. The van der Waals surface area contributed by atoms with Crippen LogP contribution in [-0.4, -0.2) is 41.8 Å². The van der Waals surface area contributed by atoms with E-state index in [0.29, 0.717) is 0 Å². The first kappa shape index (κ1) is 15.9. The van der Waals surface area contributed by atoms with Crippen molar-refractivity contribution in [2.24, 2.45) is 0 Å². The van der Waals surface area contributed by atoms with Crippen molar-refractivity contribution >= 4 is 10.0 Å². The van der Waals surface area contributed by atoms with Crippen molar-refractivity contribution in [1.82, 2.24) is 4.31 Å². The van der Waals surface area contributed by atoms with Gasteiger partial charge in [-0.2, -0.15) is 4.31 Å². The molecule has 0 aliphatic heterocycles.